The standard InChI is InChI=1S/C16H21N3O3S/c1-7-12(16(21)22-6)8(2)18-13(7)15(20)19-10(4)14-9(3)17-11(5)23-14/h10,18H,1-6H3,(H,19,20)/t10-/m1/s1. The average molecular weight is 335 g/mol. The normalized spacial score (nSPS) is 12.1. The fourth-order valence-electron chi connectivity index (χ4n) is 2.67. The molecule has 7 heteroatoms. The predicted molar refractivity (Wildman–Crippen MR) is 89.1 cm³/mol. The first-order valence-electron chi connectivity index (χ1n) is 7.28. The number of hydrogen-bond donors (Lipinski definition) is 2. The number of hydrogen-bond acceptors (Lipinski definition) is 5. The van der Waals surface area contributed by atoms with E-state index in [-0.39, 0.29) is 11.9 Å². The van der Waals surface area contributed by atoms with Gasteiger partial charge in [0.25, 0.3) is 5.91 Å². The van der Waals surface area contributed by atoms with Crippen molar-refractivity contribution in [2.75, 3.05) is 7.11 Å². The fourth-order valence-corrected chi connectivity index (χ4v) is 3.60. The van der Waals surface area contributed by atoms with Gasteiger partial charge in [-0.15, -0.1) is 11.3 Å². The van der Waals surface area contributed by atoms with E-state index in [0.29, 0.717) is 22.5 Å². The van der Waals surface area contributed by atoms with E-state index in [1.54, 1.807) is 25.2 Å². The number of nitrogens with one attached hydrogen (secondary N) is 2. The molecule has 2 heterocycles. The van der Waals surface area contributed by atoms with Crippen molar-refractivity contribution in [3.8, 4) is 0 Å². The molecule has 0 aliphatic rings. The van der Waals surface area contributed by atoms with Crippen molar-refractivity contribution in [1.29, 1.82) is 0 Å². The second-order valence-electron chi connectivity index (χ2n) is 5.49. The van der Waals surface area contributed by atoms with Gasteiger partial charge in [0.15, 0.2) is 0 Å². The number of esters is 1. The highest BCUT2D eigenvalue weighted by Gasteiger charge is 2.24. The minimum absolute atomic E-state index is 0.154. The Morgan fingerprint density at radius 2 is 1.91 bits per heavy atom. The summed E-state index contributed by atoms with van der Waals surface area (Å²) in [5.74, 6) is -0.698. The second kappa shape index (κ2) is 6.54. The Morgan fingerprint density at radius 3 is 2.43 bits per heavy atom. The molecule has 0 aromatic carbocycles. The maximum Gasteiger partial charge on any atom is 0.339 e. The summed E-state index contributed by atoms with van der Waals surface area (Å²) in [6.45, 7) is 9.27. The molecule has 124 valence electrons. The Kier molecular flexibility index (Phi) is 4.89. The SMILES string of the molecule is COC(=O)c1c(C)[nH]c(C(=O)N[C@H](C)c2sc(C)nc2C)c1C. The monoisotopic (exact) mass is 335 g/mol. The maximum atomic E-state index is 12.5. The number of carbonyl (C=O) groups is 2. The van der Waals surface area contributed by atoms with Gasteiger partial charge in [0.2, 0.25) is 0 Å². The zero-order valence-electron chi connectivity index (χ0n) is 14.2. The van der Waals surface area contributed by atoms with E-state index >= 15 is 0 Å². The topological polar surface area (TPSA) is 84.1 Å². The van der Waals surface area contributed by atoms with Gasteiger partial charge in [-0.25, -0.2) is 9.78 Å². The van der Waals surface area contributed by atoms with Crippen LogP contribution in [0.1, 0.15) is 60.6 Å². The molecule has 0 saturated carbocycles. The van der Waals surface area contributed by atoms with Crippen LogP contribution in [-0.2, 0) is 4.74 Å². The predicted octanol–water partition coefficient (Wildman–Crippen LogP) is 2.98. The van der Waals surface area contributed by atoms with E-state index < -0.39 is 5.97 Å². The maximum absolute atomic E-state index is 12.5. The molecule has 2 aromatic rings. The largest absolute Gasteiger partial charge is 0.465 e. The van der Waals surface area contributed by atoms with E-state index in [2.05, 4.69) is 15.3 Å². The molecule has 6 nitrogen and oxygen atoms in total. The summed E-state index contributed by atoms with van der Waals surface area (Å²) in [5.41, 5.74) is 2.94. The quantitative estimate of drug-likeness (QED) is 0.841. The zero-order valence-corrected chi connectivity index (χ0v) is 15.0. The van der Waals surface area contributed by atoms with Gasteiger partial charge in [-0.3, -0.25) is 4.79 Å². The average Bonchev–Trinajstić information content (AvgIpc) is 2.97. The van der Waals surface area contributed by atoms with Gasteiger partial charge in [0, 0.05) is 10.6 Å². The molecule has 0 bridgehead atoms. The van der Waals surface area contributed by atoms with Crippen LogP contribution in [0.15, 0.2) is 0 Å². The Hall–Kier alpha value is -2.15. The number of ether oxygens (including phenoxy) is 1. The first-order chi connectivity index (χ1) is 10.8. The number of H-pyrrole nitrogens is 1. The Labute approximate surface area is 139 Å². The lowest BCUT2D eigenvalue weighted by atomic mass is 10.1. The molecule has 2 N–H and O–H groups in total. The summed E-state index contributed by atoms with van der Waals surface area (Å²) < 4.78 is 4.76. The third kappa shape index (κ3) is 3.29. The molecule has 0 aliphatic heterocycles. The van der Waals surface area contributed by atoms with Gasteiger partial charge in [-0.05, 0) is 40.2 Å². The van der Waals surface area contributed by atoms with Gasteiger partial charge in [-0.1, -0.05) is 0 Å². The molecule has 23 heavy (non-hydrogen) atoms. The highest BCUT2D eigenvalue weighted by molar-refractivity contribution is 7.11. The van der Waals surface area contributed by atoms with Crippen molar-refractivity contribution in [2.45, 2.75) is 40.7 Å². The molecule has 0 spiro atoms. The lowest BCUT2D eigenvalue weighted by Gasteiger charge is -2.12. The number of carbonyl (C=O) groups excluding carboxylic acids is 2. The number of amides is 1. The minimum atomic E-state index is -0.447. The molecule has 1 atom stereocenters. The highest BCUT2D eigenvalue weighted by Crippen LogP contribution is 2.25. The number of methoxy groups -OCH3 is 1. The fraction of sp³-hybridized carbons (Fsp3) is 0.438. The van der Waals surface area contributed by atoms with Crippen LogP contribution in [0.4, 0.5) is 0 Å². The van der Waals surface area contributed by atoms with Crippen molar-refractivity contribution >= 4 is 23.2 Å². The summed E-state index contributed by atoms with van der Waals surface area (Å²) >= 11 is 1.57. The van der Waals surface area contributed by atoms with Gasteiger partial charge in [-0.2, -0.15) is 0 Å². The van der Waals surface area contributed by atoms with Crippen molar-refractivity contribution < 1.29 is 14.3 Å². The lowest BCUT2D eigenvalue weighted by molar-refractivity contribution is 0.0599. The van der Waals surface area contributed by atoms with Crippen molar-refractivity contribution in [1.82, 2.24) is 15.3 Å². The smallest absolute Gasteiger partial charge is 0.339 e. The minimum Gasteiger partial charge on any atom is -0.465 e. The molecule has 2 aromatic heterocycles. The summed E-state index contributed by atoms with van der Waals surface area (Å²) in [6.07, 6.45) is 0. The molecule has 2 rings (SSSR count). The number of thiazole rings is 1. The summed E-state index contributed by atoms with van der Waals surface area (Å²) in [7, 11) is 1.32. The number of rotatable bonds is 4. The molecule has 0 saturated heterocycles. The number of aromatic amines is 1. The highest BCUT2D eigenvalue weighted by atomic mass is 32.1. The number of aryl methyl sites for hydroxylation is 3. The van der Waals surface area contributed by atoms with Crippen molar-refractivity contribution in [3.63, 3.8) is 0 Å². The molecule has 0 aliphatic carbocycles. The van der Waals surface area contributed by atoms with Crippen LogP contribution >= 0.6 is 11.3 Å². The molecule has 0 fully saturated rings. The first-order valence-corrected chi connectivity index (χ1v) is 8.10. The molecular formula is C16H21N3O3S. The van der Waals surface area contributed by atoms with E-state index in [1.165, 1.54) is 7.11 Å². The lowest BCUT2D eigenvalue weighted by Crippen LogP contribution is -2.27. The third-order valence-corrected chi connectivity index (χ3v) is 4.99. The summed E-state index contributed by atoms with van der Waals surface area (Å²) in [5, 5.41) is 3.92. The van der Waals surface area contributed by atoms with Gasteiger partial charge < -0.3 is 15.0 Å². The van der Waals surface area contributed by atoms with Crippen LogP contribution in [0.3, 0.4) is 0 Å². The number of aromatic nitrogens is 2. The van der Waals surface area contributed by atoms with E-state index in [1.807, 2.05) is 20.8 Å². The van der Waals surface area contributed by atoms with Crippen LogP contribution in [-0.4, -0.2) is 29.0 Å². The molecule has 1 amide bonds. The van der Waals surface area contributed by atoms with Gasteiger partial charge in [0.1, 0.15) is 5.69 Å². The van der Waals surface area contributed by atoms with Crippen LogP contribution in [0, 0.1) is 27.7 Å². The Balaban J connectivity index is 2.25. The van der Waals surface area contributed by atoms with Crippen LogP contribution in [0.5, 0.6) is 0 Å². The van der Waals surface area contributed by atoms with E-state index in [0.717, 1.165) is 15.6 Å². The Morgan fingerprint density at radius 1 is 1.26 bits per heavy atom. The molecule has 0 unspecified atom stereocenters. The summed E-state index contributed by atoms with van der Waals surface area (Å²) in [6, 6.07) is -0.154. The first kappa shape index (κ1) is 17.2. The van der Waals surface area contributed by atoms with Crippen molar-refractivity contribution in [3.05, 3.63) is 38.1 Å². The summed E-state index contributed by atoms with van der Waals surface area (Å²) in [4.78, 5) is 32.7. The zero-order chi connectivity index (χ0) is 17.3. The van der Waals surface area contributed by atoms with E-state index in [9.17, 15) is 9.59 Å². The van der Waals surface area contributed by atoms with E-state index in [4.69, 9.17) is 4.74 Å². The van der Waals surface area contributed by atoms with Crippen LogP contribution < -0.4 is 5.32 Å². The van der Waals surface area contributed by atoms with Gasteiger partial charge >= 0.3 is 5.97 Å². The second-order valence-corrected chi connectivity index (χ2v) is 6.73. The van der Waals surface area contributed by atoms with Crippen LogP contribution in [0.25, 0.3) is 0 Å². The van der Waals surface area contributed by atoms with Gasteiger partial charge in [0.05, 0.1) is 29.4 Å². The Bertz CT molecular complexity index is 761. The third-order valence-electron chi connectivity index (χ3n) is 3.73. The van der Waals surface area contributed by atoms with Crippen molar-refractivity contribution in [2.24, 2.45) is 0 Å². The van der Waals surface area contributed by atoms with Crippen LogP contribution in [0.2, 0.25) is 0 Å². The number of nitrogens with zero attached hydrogens (tertiary/aromatic N) is 1. The molecule has 0 radical (unpaired) electrons. The molecular weight excluding hydrogens is 314 g/mol.